The van der Waals surface area contributed by atoms with Crippen molar-refractivity contribution in [1.29, 1.82) is 0 Å². The Morgan fingerprint density at radius 3 is 2.45 bits per heavy atom. The second-order valence-corrected chi connectivity index (χ2v) is 3.49. The zero-order valence-corrected chi connectivity index (χ0v) is 8.24. The lowest BCUT2D eigenvalue weighted by Gasteiger charge is -1.98. The summed E-state index contributed by atoms with van der Waals surface area (Å²) in [5.41, 5.74) is 1.26. The molecule has 1 aromatic rings. The first kappa shape index (κ1) is 8.96. The molecule has 2 nitrogen and oxygen atoms in total. The lowest BCUT2D eigenvalue weighted by atomic mass is 10.2. The maximum Gasteiger partial charge on any atom is 0.0719 e. The third-order valence-electron chi connectivity index (χ3n) is 1.42. The van der Waals surface area contributed by atoms with Crippen LogP contribution in [-0.2, 0) is 11.3 Å². The summed E-state index contributed by atoms with van der Waals surface area (Å²) in [5, 5.41) is 0. The van der Waals surface area contributed by atoms with Crippen LogP contribution in [0.4, 0.5) is 0 Å². The molecule has 2 N–H and O–H groups in total. The van der Waals surface area contributed by atoms with Gasteiger partial charge in [0.2, 0.25) is 0 Å². The Kier molecular flexibility index (Phi) is 3.82. The van der Waals surface area contributed by atoms with Crippen LogP contribution in [0, 0.1) is 3.57 Å². The molecule has 0 aromatic heterocycles. The van der Waals surface area contributed by atoms with E-state index in [2.05, 4.69) is 51.7 Å². The van der Waals surface area contributed by atoms with Gasteiger partial charge in [0.15, 0.2) is 0 Å². The molecule has 0 aliphatic carbocycles. The van der Waals surface area contributed by atoms with Crippen molar-refractivity contribution in [3.8, 4) is 0 Å². The molecule has 60 valence electrons. The van der Waals surface area contributed by atoms with Crippen LogP contribution < -0.4 is 5.90 Å². The third-order valence-corrected chi connectivity index (χ3v) is 2.14. The Morgan fingerprint density at radius 1 is 1.27 bits per heavy atom. The van der Waals surface area contributed by atoms with E-state index in [9.17, 15) is 0 Å². The minimum atomic E-state index is 0.584. The summed E-state index contributed by atoms with van der Waals surface area (Å²) in [6.07, 6.45) is 0.882. The Balaban J connectivity index is 2.52. The van der Waals surface area contributed by atoms with Crippen LogP contribution >= 0.6 is 22.6 Å². The summed E-state index contributed by atoms with van der Waals surface area (Å²) in [5.74, 6) is 4.90. The molecule has 3 heteroatoms. The van der Waals surface area contributed by atoms with Gasteiger partial charge >= 0.3 is 0 Å². The number of nitrogens with two attached hydrogens (primary N) is 1. The highest BCUT2D eigenvalue weighted by Gasteiger charge is 1.91. The van der Waals surface area contributed by atoms with Crippen molar-refractivity contribution in [2.75, 3.05) is 6.61 Å². The average Bonchev–Trinajstić information content (AvgIpc) is 2.04. The predicted octanol–water partition coefficient (Wildman–Crippen LogP) is 1.72. The van der Waals surface area contributed by atoms with Gasteiger partial charge in [0.1, 0.15) is 0 Å². The molecule has 0 radical (unpaired) electrons. The van der Waals surface area contributed by atoms with Crippen molar-refractivity contribution in [2.45, 2.75) is 6.42 Å². The molecule has 0 fully saturated rings. The van der Waals surface area contributed by atoms with Crippen LogP contribution in [0.1, 0.15) is 5.56 Å². The summed E-state index contributed by atoms with van der Waals surface area (Å²) in [4.78, 5) is 4.47. The first-order chi connectivity index (χ1) is 5.33. The second-order valence-electron chi connectivity index (χ2n) is 2.25. The summed E-state index contributed by atoms with van der Waals surface area (Å²) in [6.45, 7) is 0.584. The zero-order chi connectivity index (χ0) is 8.10. The van der Waals surface area contributed by atoms with E-state index in [4.69, 9.17) is 5.90 Å². The fourth-order valence-corrected chi connectivity index (χ4v) is 1.19. The number of halogens is 1. The fourth-order valence-electron chi connectivity index (χ4n) is 0.828. The molecule has 1 rings (SSSR count). The van der Waals surface area contributed by atoms with Gasteiger partial charge in [0.25, 0.3) is 0 Å². The molecule has 1 aromatic carbocycles. The van der Waals surface area contributed by atoms with Gasteiger partial charge in [0.05, 0.1) is 6.61 Å². The van der Waals surface area contributed by atoms with Gasteiger partial charge in [0, 0.05) is 3.57 Å². The Morgan fingerprint density at radius 2 is 1.91 bits per heavy atom. The zero-order valence-electron chi connectivity index (χ0n) is 6.09. The highest BCUT2D eigenvalue weighted by Crippen LogP contribution is 2.06. The van der Waals surface area contributed by atoms with Gasteiger partial charge in [-0.15, -0.1) is 0 Å². The molecular formula is C8H10INO. The Bertz CT molecular complexity index is 210. The van der Waals surface area contributed by atoms with Gasteiger partial charge in [-0.1, -0.05) is 12.1 Å². The van der Waals surface area contributed by atoms with Gasteiger partial charge in [-0.25, -0.2) is 5.90 Å². The summed E-state index contributed by atoms with van der Waals surface area (Å²) in [6, 6.07) is 8.32. The van der Waals surface area contributed by atoms with Crippen LogP contribution in [0.5, 0.6) is 0 Å². The lowest BCUT2D eigenvalue weighted by molar-refractivity contribution is 0.141. The lowest BCUT2D eigenvalue weighted by Crippen LogP contribution is -2.03. The predicted molar refractivity (Wildman–Crippen MR) is 53.0 cm³/mol. The molecule has 0 saturated carbocycles. The van der Waals surface area contributed by atoms with Gasteiger partial charge in [-0.3, -0.25) is 0 Å². The third kappa shape index (κ3) is 3.18. The molecular weight excluding hydrogens is 253 g/mol. The van der Waals surface area contributed by atoms with Crippen molar-refractivity contribution in [3.63, 3.8) is 0 Å². The maximum absolute atomic E-state index is 4.90. The topological polar surface area (TPSA) is 35.2 Å². The highest BCUT2D eigenvalue weighted by atomic mass is 127. The number of rotatable bonds is 3. The van der Waals surface area contributed by atoms with E-state index in [1.165, 1.54) is 9.13 Å². The molecule has 11 heavy (non-hydrogen) atoms. The SMILES string of the molecule is NOCCc1ccc(I)cc1. The standard InChI is InChI=1S/C8H10INO/c9-8-3-1-7(2-4-8)5-6-11-10/h1-4H,5-6,10H2. The van der Waals surface area contributed by atoms with E-state index < -0.39 is 0 Å². The quantitative estimate of drug-likeness (QED) is 0.665. The molecule has 0 amide bonds. The molecule has 0 aliphatic heterocycles. The van der Waals surface area contributed by atoms with Crippen LogP contribution in [0.15, 0.2) is 24.3 Å². The molecule has 0 bridgehead atoms. The minimum absolute atomic E-state index is 0.584. The van der Waals surface area contributed by atoms with Crippen LogP contribution in [0.25, 0.3) is 0 Å². The summed E-state index contributed by atoms with van der Waals surface area (Å²) < 4.78 is 1.25. The Labute approximate surface area is 79.8 Å². The largest absolute Gasteiger partial charge is 0.304 e. The molecule has 0 unspecified atom stereocenters. The minimum Gasteiger partial charge on any atom is -0.304 e. The molecule has 0 heterocycles. The van der Waals surface area contributed by atoms with Gasteiger partial charge < -0.3 is 4.84 Å². The normalized spacial score (nSPS) is 10.0. The highest BCUT2D eigenvalue weighted by molar-refractivity contribution is 14.1. The van der Waals surface area contributed by atoms with E-state index in [1.807, 2.05) is 0 Å². The molecule has 0 atom stereocenters. The average molecular weight is 263 g/mol. The first-order valence-electron chi connectivity index (χ1n) is 3.39. The number of hydrogen-bond acceptors (Lipinski definition) is 2. The summed E-state index contributed by atoms with van der Waals surface area (Å²) >= 11 is 2.28. The van der Waals surface area contributed by atoms with Crippen molar-refractivity contribution in [3.05, 3.63) is 33.4 Å². The van der Waals surface area contributed by atoms with Gasteiger partial charge in [-0.05, 0) is 46.7 Å². The van der Waals surface area contributed by atoms with E-state index in [0.717, 1.165) is 6.42 Å². The van der Waals surface area contributed by atoms with Crippen LogP contribution in [0.2, 0.25) is 0 Å². The molecule has 0 aliphatic rings. The number of hydrogen-bond donors (Lipinski definition) is 1. The molecule has 0 spiro atoms. The monoisotopic (exact) mass is 263 g/mol. The van der Waals surface area contributed by atoms with E-state index >= 15 is 0 Å². The van der Waals surface area contributed by atoms with E-state index in [1.54, 1.807) is 0 Å². The van der Waals surface area contributed by atoms with E-state index in [-0.39, 0.29) is 0 Å². The van der Waals surface area contributed by atoms with Crippen molar-refractivity contribution >= 4 is 22.6 Å². The summed E-state index contributed by atoms with van der Waals surface area (Å²) in [7, 11) is 0. The van der Waals surface area contributed by atoms with Gasteiger partial charge in [-0.2, -0.15) is 0 Å². The smallest absolute Gasteiger partial charge is 0.0719 e. The fraction of sp³-hybridized carbons (Fsp3) is 0.250. The van der Waals surface area contributed by atoms with Crippen molar-refractivity contribution in [1.82, 2.24) is 0 Å². The van der Waals surface area contributed by atoms with Crippen LogP contribution in [0.3, 0.4) is 0 Å². The maximum atomic E-state index is 4.90. The molecule has 0 saturated heterocycles. The second kappa shape index (κ2) is 4.69. The Hall–Kier alpha value is -0.130. The van der Waals surface area contributed by atoms with Crippen molar-refractivity contribution in [2.24, 2.45) is 5.90 Å². The van der Waals surface area contributed by atoms with E-state index in [0.29, 0.717) is 6.61 Å². The number of benzene rings is 1. The van der Waals surface area contributed by atoms with Crippen LogP contribution in [-0.4, -0.2) is 6.61 Å². The van der Waals surface area contributed by atoms with Crippen molar-refractivity contribution < 1.29 is 4.84 Å². The first-order valence-corrected chi connectivity index (χ1v) is 4.47.